The molecule has 112 valence electrons. The Hall–Kier alpha value is -1.08. The normalized spacial score (nSPS) is 13.1. The van der Waals surface area contributed by atoms with Crippen LogP contribution in [0.1, 0.15) is 29.3 Å². The standard InChI is InChI=1S/C13H15BrF3NO2/c1-8(5-6-20-2)18-12(19)9-3-4-11(14)10(7-9)13(15,16)17/h3-4,7-8H,5-6H2,1-2H3,(H,18,19). The van der Waals surface area contributed by atoms with Gasteiger partial charge in [-0.25, -0.2) is 0 Å². The first kappa shape index (κ1) is 17.0. The monoisotopic (exact) mass is 353 g/mol. The molecule has 0 saturated carbocycles. The van der Waals surface area contributed by atoms with Gasteiger partial charge in [0.25, 0.3) is 5.91 Å². The number of ether oxygens (including phenoxy) is 1. The molecule has 0 spiro atoms. The Balaban J connectivity index is 2.84. The van der Waals surface area contributed by atoms with Crippen LogP contribution in [-0.2, 0) is 10.9 Å². The molecule has 0 bridgehead atoms. The molecule has 1 atom stereocenters. The van der Waals surface area contributed by atoms with Crippen molar-refractivity contribution < 1.29 is 22.7 Å². The number of carbonyl (C=O) groups excluding carboxylic acids is 1. The summed E-state index contributed by atoms with van der Waals surface area (Å²) in [4.78, 5) is 11.9. The fraction of sp³-hybridized carbons (Fsp3) is 0.462. The second-order valence-corrected chi connectivity index (χ2v) is 5.20. The summed E-state index contributed by atoms with van der Waals surface area (Å²) in [6.07, 6.45) is -3.91. The van der Waals surface area contributed by atoms with Crippen LogP contribution < -0.4 is 5.32 Å². The predicted molar refractivity (Wildman–Crippen MR) is 72.6 cm³/mol. The number of benzene rings is 1. The topological polar surface area (TPSA) is 38.3 Å². The van der Waals surface area contributed by atoms with Crippen LogP contribution in [0.3, 0.4) is 0 Å². The van der Waals surface area contributed by atoms with E-state index in [1.807, 2.05) is 0 Å². The summed E-state index contributed by atoms with van der Waals surface area (Å²) in [6, 6.07) is 3.22. The third-order valence-corrected chi connectivity index (χ3v) is 3.36. The van der Waals surface area contributed by atoms with E-state index < -0.39 is 17.6 Å². The van der Waals surface area contributed by atoms with Gasteiger partial charge in [-0.3, -0.25) is 4.79 Å². The molecule has 7 heteroatoms. The maximum absolute atomic E-state index is 12.7. The van der Waals surface area contributed by atoms with Gasteiger partial charge in [-0.05, 0) is 31.5 Å². The van der Waals surface area contributed by atoms with E-state index in [9.17, 15) is 18.0 Å². The highest BCUT2D eigenvalue weighted by Crippen LogP contribution is 2.35. The fourth-order valence-corrected chi connectivity index (χ4v) is 2.03. The Morgan fingerprint density at radius 1 is 1.45 bits per heavy atom. The molecule has 1 unspecified atom stereocenters. The molecule has 0 radical (unpaired) electrons. The van der Waals surface area contributed by atoms with Gasteiger partial charge in [0, 0.05) is 29.8 Å². The highest BCUT2D eigenvalue weighted by Gasteiger charge is 2.33. The van der Waals surface area contributed by atoms with Crippen LogP contribution in [0.5, 0.6) is 0 Å². The summed E-state index contributed by atoms with van der Waals surface area (Å²) in [6.45, 7) is 2.23. The number of hydrogen-bond acceptors (Lipinski definition) is 2. The molecule has 1 aromatic carbocycles. The highest BCUT2D eigenvalue weighted by molar-refractivity contribution is 9.10. The van der Waals surface area contributed by atoms with Gasteiger partial charge < -0.3 is 10.1 Å². The van der Waals surface area contributed by atoms with Crippen molar-refractivity contribution in [1.82, 2.24) is 5.32 Å². The quantitative estimate of drug-likeness (QED) is 0.877. The zero-order chi connectivity index (χ0) is 15.3. The molecule has 1 amide bonds. The molecule has 0 aromatic heterocycles. The number of rotatable bonds is 5. The summed E-state index contributed by atoms with van der Waals surface area (Å²) in [5.41, 5.74) is -0.889. The first-order valence-electron chi connectivity index (χ1n) is 5.92. The van der Waals surface area contributed by atoms with Gasteiger partial charge in [-0.1, -0.05) is 15.9 Å². The summed E-state index contributed by atoms with van der Waals surface area (Å²) >= 11 is 2.83. The molecule has 0 heterocycles. The van der Waals surface area contributed by atoms with Crippen molar-refractivity contribution in [3.63, 3.8) is 0 Å². The smallest absolute Gasteiger partial charge is 0.385 e. The van der Waals surface area contributed by atoms with E-state index in [2.05, 4.69) is 21.2 Å². The molecule has 0 aliphatic heterocycles. The van der Waals surface area contributed by atoms with Crippen molar-refractivity contribution in [3.05, 3.63) is 33.8 Å². The summed E-state index contributed by atoms with van der Waals surface area (Å²) < 4.78 is 43.0. The molecular formula is C13H15BrF3NO2. The highest BCUT2D eigenvalue weighted by atomic mass is 79.9. The van der Waals surface area contributed by atoms with Crippen molar-refractivity contribution in [3.8, 4) is 0 Å². The van der Waals surface area contributed by atoms with Gasteiger partial charge in [-0.15, -0.1) is 0 Å². The van der Waals surface area contributed by atoms with E-state index in [-0.39, 0.29) is 16.1 Å². The number of methoxy groups -OCH3 is 1. The van der Waals surface area contributed by atoms with Crippen LogP contribution in [0, 0.1) is 0 Å². The van der Waals surface area contributed by atoms with Crippen molar-refractivity contribution in [2.75, 3.05) is 13.7 Å². The van der Waals surface area contributed by atoms with Crippen LogP contribution in [0.25, 0.3) is 0 Å². The van der Waals surface area contributed by atoms with E-state index in [1.54, 1.807) is 14.0 Å². The van der Waals surface area contributed by atoms with Gasteiger partial charge in [-0.2, -0.15) is 13.2 Å². The minimum absolute atomic E-state index is 0.0233. The molecule has 1 aromatic rings. The molecule has 0 fully saturated rings. The van der Waals surface area contributed by atoms with Crippen molar-refractivity contribution in [1.29, 1.82) is 0 Å². The van der Waals surface area contributed by atoms with Gasteiger partial charge in [0.1, 0.15) is 0 Å². The Kier molecular flexibility index (Phi) is 6.01. The van der Waals surface area contributed by atoms with E-state index in [0.29, 0.717) is 13.0 Å². The first-order chi connectivity index (χ1) is 9.25. The van der Waals surface area contributed by atoms with Crippen LogP contribution in [-0.4, -0.2) is 25.7 Å². The maximum atomic E-state index is 12.7. The molecule has 20 heavy (non-hydrogen) atoms. The number of halogens is 4. The van der Waals surface area contributed by atoms with Gasteiger partial charge in [0.15, 0.2) is 0 Å². The van der Waals surface area contributed by atoms with Crippen LogP contribution in [0.4, 0.5) is 13.2 Å². The Labute approximate surface area is 123 Å². The maximum Gasteiger partial charge on any atom is 0.417 e. The average Bonchev–Trinajstić information content (AvgIpc) is 2.35. The lowest BCUT2D eigenvalue weighted by molar-refractivity contribution is -0.138. The molecule has 0 saturated heterocycles. The molecule has 0 aliphatic rings. The van der Waals surface area contributed by atoms with Crippen molar-refractivity contribution >= 4 is 21.8 Å². The molecule has 1 N–H and O–H groups in total. The number of nitrogens with one attached hydrogen (secondary N) is 1. The lowest BCUT2D eigenvalue weighted by Crippen LogP contribution is -2.33. The lowest BCUT2D eigenvalue weighted by atomic mass is 10.1. The second kappa shape index (κ2) is 7.08. The fourth-order valence-electron chi connectivity index (χ4n) is 1.56. The van der Waals surface area contributed by atoms with Crippen molar-refractivity contribution in [2.45, 2.75) is 25.6 Å². The van der Waals surface area contributed by atoms with Gasteiger partial charge in [0.2, 0.25) is 0 Å². The molecule has 3 nitrogen and oxygen atoms in total. The van der Waals surface area contributed by atoms with Gasteiger partial charge >= 0.3 is 6.18 Å². The summed E-state index contributed by atoms with van der Waals surface area (Å²) in [7, 11) is 1.54. The average molecular weight is 354 g/mol. The van der Waals surface area contributed by atoms with E-state index >= 15 is 0 Å². The SMILES string of the molecule is COCCC(C)NC(=O)c1ccc(Br)c(C(F)(F)F)c1. The van der Waals surface area contributed by atoms with Gasteiger partial charge in [0.05, 0.1) is 5.56 Å². The molecular weight excluding hydrogens is 339 g/mol. The van der Waals surface area contributed by atoms with E-state index in [1.165, 1.54) is 12.1 Å². The minimum Gasteiger partial charge on any atom is -0.385 e. The Bertz CT molecular complexity index is 477. The zero-order valence-electron chi connectivity index (χ0n) is 11.1. The number of hydrogen-bond donors (Lipinski definition) is 1. The lowest BCUT2D eigenvalue weighted by Gasteiger charge is -2.15. The summed E-state index contributed by atoms with van der Waals surface area (Å²) in [5.74, 6) is -0.536. The van der Waals surface area contributed by atoms with Crippen LogP contribution in [0.2, 0.25) is 0 Å². The molecule has 0 aliphatic carbocycles. The number of carbonyl (C=O) groups is 1. The number of alkyl halides is 3. The summed E-state index contributed by atoms with van der Waals surface area (Å²) in [5, 5.41) is 2.63. The minimum atomic E-state index is -4.50. The number of amides is 1. The van der Waals surface area contributed by atoms with Crippen molar-refractivity contribution in [2.24, 2.45) is 0 Å². The third-order valence-electron chi connectivity index (χ3n) is 2.67. The first-order valence-corrected chi connectivity index (χ1v) is 6.71. The van der Waals surface area contributed by atoms with E-state index in [0.717, 1.165) is 6.07 Å². The molecule has 1 rings (SSSR count). The Morgan fingerprint density at radius 3 is 2.65 bits per heavy atom. The second-order valence-electron chi connectivity index (χ2n) is 4.35. The Morgan fingerprint density at radius 2 is 2.10 bits per heavy atom. The third kappa shape index (κ3) is 4.79. The van der Waals surface area contributed by atoms with E-state index in [4.69, 9.17) is 4.74 Å². The predicted octanol–water partition coefficient (Wildman–Crippen LogP) is 3.62. The zero-order valence-corrected chi connectivity index (χ0v) is 12.6. The largest absolute Gasteiger partial charge is 0.417 e. The van der Waals surface area contributed by atoms with Crippen LogP contribution >= 0.6 is 15.9 Å². The van der Waals surface area contributed by atoms with Crippen LogP contribution in [0.15, 0.2) is 22.7 Å².